The third kappa shape index (κ3) is 1.87. The van der Waals surface area contributed by atoms with Gasteiger partial charge in [-0.05, 0) is 42.3 Å². The second kappa shape index (κ2) is 4.11. The number of rotatable bonds is 1. The van der Waals surface area contributed by atoms with Gasteiger partial charge in [-0.3, -0.25) is 4.90 Å². The smallest absolute Gasteiger partial charge is 0.226 e. The van der Waals surface area contributed by atoms with Gasteiger partial charge in [-0.15, -0.1) is 0 Å². The van der Waals surface area contributed by atoms with E-state index < -0.39 is 0 Å². The number of H-pyrrole nitrogens is 1. The first-order chi connectivity index (χ1) is 10.2. The van der Waals surface area contributed by atoms with Crippen LogP contribution in [0.5, 0.6) is 0 Å². The zero-order chi connectivity index (χ0) is 14.0. The van der Waals surface area contributed by atoms with E-state index in [1.807, 2.05) is 12.3 Å². The quantitative estimate of drug-likeness (QED) is 0.821. The molecule has 1 spiro atoms. The highest BCUT2D eigenvalue weighted by atomic mass is 35.5. The molecule has 2 aliphatic heterocycles. The van der Waals surface area contributed by atoms with E-state index in [9.17, 15) is 0 Å². The molecule has 2 aromatic heterocycles. The minimum Gasteiger partial charge on any atom is -0.353 e. The molecule has 1 saturated carbocycles. The summed E-state index contributed by atoms with van der Waals surface area (Å²) in [7, 11) is 0. The Labute approximate surface area is 128 Å². The molecular weight excluding hydrogens is 286 g/mol. The molecule has 1 N–H and O–H groups in total. The maximum absolute atomic E-state index is 6.09. The van der Waals surface area contributed by atoms with Crippen molar-refractivity contribution in [1.82, 2.24) is 19.9 Å². The number of hydrogen-bond acceptors (Lipinski definition) is 4. The Morgan fingerprint density at radius 1 is 1.29 bits per heavy atom. The molecule has 2 saturated heterocycles. The number of halogens is 1. The van der Waals surface area contributed by atoms with Crippen molar-refractivity contribution in [3.63, 3.8) is 0 Å². The van der Waals surface area contributed by atoms with Crippen molar-refractivity contribution in [2.75, 3.05) is 31.1 Å². The second-order valence-corrected chi connectivity index (χ2v) is 7.17. The average Bonchev–Trinajstić information content (AvgIpc) is 2.92. The van der Waals surface area contributed by atoms with Crippen molar-refractivity contribution in [3.8, 4) is 0 Å². The Balaban J connectivity index is 1.48. The van der Waals surface area contributed by atoms with Gasteiger partial charge in [-0.1, -0.05) is 0 Å². The molecule has 5 nitrogen and oxygen atoms in total. The van der Waals surface area contributed by atoms with Crippen LogP contribution in [0.2, 0.25) is 5.28 Å². The van der Waals surface area contributed by atoms with Gasteiger partial charge < -0.3 is 9.88 Å². The largest absolute Gasteiger partial charge is 0.353 e. The maximum atomic E-state index is 6.09. The Hall–Kier alpha value is -1.33. The minimum absolute atomic E-state index is 0.326. The van der Waals surface area contributed by atoms with Crippen molar-refractivity contribution in [2.45, 2.75) is 25.3 Å². The second-order valence-electron chi connectivity index (χ2n) is 6.83. The zero-order valence-corrected chi connectivity index (χ0v) is 12.6. The first-order valence-electron chi connectivity index (χ1n) is 7.72. The van der Waals surface area contributed by atoms with Crippen molar-refractivity contribution in [3.05, 3.63) is 17.5 Å². The number of aromatic amines is 1. The molecule has 0 bridgehead atoms. The topological polar surface area (TPSA) is 48.1 Å². The van der Waals surface area contributed by atoms with Crippen LogP contribution in [0.3, 0.4) is 0 Å². The summed E-state index contributed by atoms with van der Waals surface area (Å²) < 4.78 is 0. The molecule has 0 amide bonds. The van der Waals surface area contributed by atoms with Gasteiger partial charge in [0.25, 0.3) is 0 Å². The number of piperazine rings is 1. The van der Waals surface area contributed by atoms with Crippen molar-refractivity contribution in [2.24, 2.45) is 5.41 Å². The summed E-state index contributed by atoms with van der Waals surface area (Å²) in [6.45, 7) is 4.55. The molecule has 3 aliphatic rings. The molecule has 21 heavy (non-hydrogen) atoms. The summed E-state index contributed by atoms with van der Waals surface area (Å²) in [6, 6.07) is 2.73. The maximum Gasteiger partial charge on any atom is 0.226 e. The van der Waals surface area contributed by atoms with Crippen LogP contribution >= 0.6 is 11.6 Å². The summed E-state index contributed by atoms with van der Waals surface area (Å²) in [4.78, 5) is 17.0. The Bertz CT molecular complexity index is 707. The molecule has 4 heterocycles. The first kappa shape index (κ1) is 12.2. The number of fused-ring (bicyclic) bond motifs is 2. The monoisotopic (exact) mass is 303 g/mol. The summed E-state index contributed by atoms with van der Waals surface area (Å²) in [6.07, 6.45) is 6.13. The van der Waals surface area contributed by atoms with Crippen LogP contribution in [0.25, 0.3) is 11.0 Å². The van der Waals surface area contributed by atoms with Gasteiger partial charge in [0.1, 0.15) is 11.5 Å². The molecule has 0 radical (unpaired) electrons. The summed E-state index contributed by atoms with van der Waals surface area (Å²) in [5.74, 6) is 0.989. The molecule has 5 rings (SSSR count). The van der Waals surface area contributed by atoms with Crippen molar-refractivity contribution in [1.29, 1.82) is 0 Å². The molecular formula is C15H18ClN5. The molecule has 2 aromatic rings. The minimum atomic E-state index is 0.326. The third-order valence-electron chi connectivity index (χ3n) is 5.44. The lowest BCUT2D eigenvalue weighted by Gasteiger charge is -2.38. The van der Waals surface area contributed by atoms with Crippen LogP contribution in [-0.2, 0) is 0 Å². The summed E-state index contributed by atoms with van der Waals surface area (Å²) in [5, 5.41) is 1.40. The van der Waals surface area contributed by atoms with Gasteiger partial charge >= 0.3 is 0 Å². The number of hydrogen-bond donors (Lipinski definition) is 1. The van der Waals surface area contributed by atoms with E-state index in [1.165, 1.54) is 25.8 Å². The SMILES string of the molecule is Clc1nc(N2CCN3CC4(CC4)C[C@H]3C2)c2cc[nH]c2n1. The normalized spacial score (nSPS) is 27.5. The van der Waals surface area contributed by atoms with E-state index in [2.05, 4.69) is 24.8 Å². The molecule has 110 valence electrons. The fraction of sp³-hybridized carbons (Fsp3) is 0.600. The van der Waals surface area contributed by atoms with Crippen LogP contribution in [-0.4, -0.2) is 52.1 Å². The number of nitrogens with one attached hydrogen (secondary N) is 1. The lowest BCUT2D eigenvalue weighted by Crippen LogP contribution is -2.50. The highest BCUT2D eigenvalue weighted by molar-refractivity contribution is 6.28. The van der Waals surface area contributed by atoms with Gasteiger partial charge in [0, 0.05) is 38.4 Å². The zero-order valence-electron chi connectivity index (χ0n) is 11.8. The number of nitrogens with zero attached hydrogens (tertiary/aromatic N) is 4. The van der Waals surface area contributed by atoms with E-state index in [0.29, 0.717) is 16.7 Å². The van der Waals surface area contributed by atoms with Gasteiger partial charge in [0.2, 0.25) is 5.28 Å². The van der Waals surface area contributed by atoms with Crippen LogP contribution < -0.4 is 4.90 Å². The predicted octanol–water partition coefficient (Wildman–Crippen LogP) is 2.29. The standard InChI is InChI=1S/C15H18ClN5/c16-14-18-12-11(1-4-17-12)13(19-14)20-5-6-21-9-15(2-3-15)7-10(21)8-20/h1,4,10H,2-3,5-9H2,(H,17,18,19)/t10-/m0/s1. The predicted molar refractivity (Wildman–Crippen MR) is 82.8 cm³/mol. The van der Waals surface area contributed by atoms with Gasteiger partial charge in [0.05, 0.1) is 5.39 Å². The van der Waals surface area contributed by atoms with E-state index in [1.54, 1.807) is 0 Å². The highest BCUT2D eigenvalue weighted by Gasteiger charge is 2.52. The molecule has 3 fully saturated rings. The highest BCUT2D eigenvalue weighted by Crippen LogP contribution is 2.55. The lowest BCUT2D eigenvalue weighted by molar-refractivity contribution is 0.227. The van der Waals surface area contributed by atoms with E-state index >= 15 is 0 Å². The summed E-state index contributed by atoms with van der Waals surface area (Å²) in [5.41, 5.74) is 1.51. The van der Waals surface area contributed by atoms with Crippen molar-refractivity contribution >= 4 is 28.5 Å². The van der Waals surface area contributed by atoms with Crippen LogP contribution in [0, 0.1) is 5.41 Å². The first-order valence-corrected chi connectivity index (χ1v) is 8.10. The van der Waals surface area contributed by atoms with Gasteiger partial charge in [-0.2, -0.15) is 9.97 Å². The Morgan fingerprint density at radius 3 is 3.05 bits per heavy atom. The Morgan fingerprint density at radius 2 is 2.19 bits per heavy atom. The van der Waals surface area contributed by atoms with E-state index in [0.717, 1.165) is 36.5 Å². The fourth-order valence-electron chi connectivity index (χ4n) is 4.16. The lowest BCUT2D eigenvalue weighted by atomic mass is 10.0. The summed E-state index contributed by atoms with van der Waals surface area (Å²) >= 11 is 6.09. The van der Waals surface area contributed by atoms with Crippen molar-refractivity contribution < 1.29 is 0 Å². The molecule has 1 atom stereocenters. The molecule has 0 unspecified atom stereocenters. The van der Waals surface area contributed by atoms with Crippen LogP contribution in [0.1, 0.15) is 19.3 Å². The van der Waals surface area contributed by atoms with Gasteiger partial charge in [-0.25, -0.2) is 0 Å². The fourth-order valence-corrected chi connectivity index (χ4v) is 4.33. The van der Waals surface area contributed by atoms with Crippen LogP contribution in [0.15, 0.2) is 12.3 Å². The van der Waals surface area contributed by atoms with Crippen LogP contribution in [0.4, 0.5) is 5.82 Å². The molecule has 1 aliphatic carbocycles. The number of aromatic nitrogens is 3. The third-order valence-corrected chi connectivity index (χ3v) is 5.61. The Kier molecular flexibility index (Phi) is 2.39. The van der Waals surface area contributed by atoms with Gasteiger partial charge in [0.15, 0.2) is 0 Å². The van der Waals surface area contributed by atoms with E-state index in [4.69, 9.17) is 11.6 Å². The molecule has 6 heteroatoms. The number of anilines is 1. The van der Waals surface area contributed by atoms with E-state index in [-0.39, 0.29) is 0 Å². The molecule has 0 aromatic carbocycles. The average molecular weight is 304 g/mol.